The third kappa shape index (κ3) is 2.93. The fourth-order valence-electron chi connectivity index (χ4n) is 3.45. The Labute approximate surface area is 166 Å². The molecule has 3 aromatic carbocycles. The number of nitrogens with zero attached hydrogens (tertiary/aromatic N) is 1. The van der Waals surface area contributed by atoms with Gasteiger partial charge in [-0.1, -0.05) is 35.9 Å². The third-order valence-corrected chi connectivity index (χ3v) is 4.94. The summed E-state index contributed by atoms with van der Waals surface area (Å²) in [6, 6.07) is 23.4. The van der Waals surface area contributed by atoms with Gasteiger partial charge in [0.2, 0.25) is 6.17 Å². The lowest BCUT2D eigenvalue weighted by Gasteiger charge is -2.17. The Kier molecular flexibility index (Phi) is 3.91. The number of para-hydroxylation sites is 2. The van der Waals surface area contributed by atoms with Crippen LogP contribution in [0.25, 0.3) is 11.0 Å². The Bertz CT molecular complexity index is 1200. The van der Waals surface area contributed by atoms with E-state index in [0.29, 0.717) is 11.0 Å². The molecule has 0 saturated carbocycles. The van der Waals surface area contributed by atoms with Crippen LogP contribution in [0.15, 0.2) is 72.8 Å². The predicted molar refractivity (Wildman–Crippen MR) is 108 cm³/mol. The number of imidazole rings is 1. The lowest BCUT2D eigenvalue weighted by atomic mass is 10.1. The predicted octanol–water partition coefficient (Wildman–Crippen LogP) is 2.27. The van der Waals surface area contributed by atoms with Gasteiger partial charge in [-0.05, 0) is 48.5 Å². The molecule has 7 heteroatoms. The van der Waals surface area contributed by atoms with E-state index in [9.17, 15) is 0 Å². The molecule has 0 fully saturated rings. The molecule has 2 heterocycles. The summed E-state index contributed by atoms with van der Waals surface area (Å²) in [4.78, 5) is 6.69. The van der Waals surface area contributed by atoms with Crippen LogP contribution in [0.2, 0.25) is 5.02 Å². The van der Waals surface area contributed by atoms with E-state index in [1.165, 1.54) is 0 Å². The van der Waals surface area contributed by atoms with Crippen LogP contribution >= 0.6 is 11.6 Å². The van der Waals surface area contributed by atoms with Crippen LogP contribution in [0.4, 0.5) is 5.95 Å². The first kappa shape index (κ1) is 16.6. The van der Waals surface area contributed by atoms with E-state index in [2.05, 4.69) is 25.9 Å². The van der Waals surface area contributed by atoms with Crippen LogP contribution < -0.4 is 25.3 Å². The lowest BCUT2D eigenvalue weighted by molar-refractivity contribution is -0.840. The van der Waals surface area contributed by atoms with Crippen LogP contribution in [0.5, 0.6) is 11.5 Å². The van der Waals surface area contributed by atoms with Gasteiger partial charge in [-0.15, -0.1) is 0 Å². The zero-order valence-corrected chi connectivity index (χ0v) is 15.6. The molecule has 5 rings (SSSR count). The van der Waals surface area contributed by atoms with Gasteiger partial charge in [0.15, 0.2) is 0 Å². The van der Waals surface area contributed by atoms with Gasteiger partial charge >= 0.3 is 11.9 Å². The van der Waals surface area contributed by atoms with E-state index in [4.69, 9.17) is 22.1 Å². The maximum absolute atomic E-state index is 6.09. The van der Waals surface area contributed by atoms with Gasteiger partial charge < -0.3 is 4.74 Å². The van der Waals surface area contributed by atoms with Crippen LogP contribution in [-0.2, 0) is 0 Å². The van der Waals surface area contributed by atoms with Crippen LogP contribution in [0, 0.1) is 0 Å². The molecule has 4 aromatic rings. The molecule has 6 nitrogen and oxygen atoms in total. The zero-order valence-electron chi connectivity index (χ0n) is 14.8. The summed E-state index contributed by atoms with van der Waals surface area (Å²) in [6.07, 6.45) is -0.179. The van der Waals surface area contributed by atoms with Gasteiger partial charge in [-0.25, -0.2) is 9.98 Å². The maximum atomic E-state index is 6.09. The molecule has 0 radical (unpaired) electrons. The number of nitrogens with one attached hydrogen (secondary N) is 3. The molecule has 1 atom stereocenters. The Morgan fingerprint density at radius 1 is 0.964 bits per heavy atom. The van der Waals surface area contributed by atoms with Crippen molar-refractivity contribution in [3.63, 3.8) is 0 Å². The van der Waals surface area contributed by atoms with Crippen molar-refractivity contribution in [2.45, 2.75) is 6.17 Å². The summed E-state index contributed by atoms with van der Waals surface area (Å²) in [5.41, 5.74) is 9.21. The monoisotopic (exact) mass is 391 g/mol. The van der Waals surface area contributed by atoms with E-state index < -0.39 is 0 Å². The third-order valence-electron chi connectivity index (χ3n) is 4.68. The second kappa shape index (κ2) is 6.58. The zero-order chi connectivity index (χ0) is 19.1. The Hall–Kier alpha value is -3.51. The van der Waals surface area contributed by atoms with Gasteiger partial charge in [-0.2, -0.15) is 9.88 Å². The summed E-state index contributed by atoms with van der Waals surface area (Å²) in [7, 11) is 0. The van der Waals surface area contributed by atoms with Gasteiger partial charge in [0, 0.05) is 10.6 Å². The largest absolute Gasteiger partial charge is 0.457 e. The standard InChI is InChI=1S/C21H16ClN5O/c22-14-8-10-15(11-9-14)28-16-5-3-4-13(12-16)19-25-20(23)26-21-24-17-6-1-2-7-18(17)27(19)21/h1-12,19H,(H3,23,24,25,26)/p+2/t19-/m1/s1. The Morgan fingerprint density at radius 2 is 1.79 bits per heavy atom. The molecule has 1 aliphatic heterocycles. The van der Waals surface area contributed by atoms with Gasteiger partial charge in [-0.3, -0.25) is 5.73 Å². The topological polar surface area (TPSA) is 80.9 Å². The van der Waals surface area contributed by atoms with E-state index in [1.807, 2.05) is 54.6 Å². The summed E-state index contributed by atoms with van der Waals surface area (Å²) < 4.78 is 8.14. The molecular formula is C21H18ClN5O+2. The molecule has 1 aromatic heterocycles. The van der Waals surface area contributed by atoms with Crippen molar-refractivity contribution in [3.05, 3.63) is 83.4 Å². The minimum Gasteiger partial charge on any atom is -0.457 e. The number of guanidine groups is 1. The van der Waals surface area contributed by atoms with Crippen molar-refractivity contribution in [3.8, 4) is 11.5 Å². The SMILES string of the molecule is NC1=[NH+][C@@H](c2cccc(Oc3ccc(Cl)cc3)c2)[n+]2c([nH]c3ccccc32)N1. The number of H-pyrrole nitrogens is 1. The molecule has 0 bridgehead atoms. The number of fused-ring (bicyclic) bond motifs is 3. The van der Waals surface area contributed by atoms with Crippen molar-refractivity contribution < 1.29 is 14.3 Å². The molecule has 0 amide bonds. The average Bonchev–Trinajstić information content (AvgIpc) is 3.07. The average molecular weight is 392 g/mol. The fraction of sp³-hybridized carbons (Fsp3) is 0.0476. The number of ether oxygens (including phenoxy) is 1. The molecule has 138 valence electrons. The van der Waals surface area contributed by atoms with Crippen molar-refractivity contribution in [2.75, 3.05) is 5.32 Å². The van der Waals surface area contributed by atoms with Crippen molar-refractivity contribution in [2.24, 2.45) is 5.73 Å². The van der Waals surface area contributed by atoms with E-state index in [1.54, 1.807) is 12.1 Å². The van der Waals surface area contributed by atoms with Crippen molar-refractivity contribution >= 4 is 34.5 Å². The van der Waals surface area contributed by atoms with E-state index >= 15 is 0 Å². The molecule has 5 N–H and O–H groups in total. The molecule has 0 unspecified atom stereocenters. The maximum Gasteiger partial charge on any atom is 0.368 e. The molecule has 0 saturated heterocycles. The number of benzene rings is 3. The smallest absolute Gasteiger partial charge is 0.368 e. The highest BCUT2D eigenvalue weighted by Gasteiger charge is 2.32. The highest BCUT2D eigenvalue weighted by molar-refractivity contribution is 6.30. The Balaban J connectivity index is 1.56. The summed E-state index contributed by atoms with van der Waals surface area (Å²) >= 11 is 5.95. The van der Waals surface area contributed by atoms with Crippen LogP contribution in [-0.4, -0.2) is 10.9 Å². The molecule has 0 aliphatic carbocycles. The molecule has 28 heavy (non-hydrogen) atoms. The Morgan fingerprint density at radius 3 is 2.64 bits per heavy atom. The number of hydrogen-bond donors (Lipinski definition) is 4. The minimum absolute atomic E-state index is 0.179. The summed E-state index contributed by atoms with van der Waals surface area (Å²) in [5, 5.41) is 3.83. The quantitative estimate of drug-likeness (QED) is 0.404. The second-order valence-corrected chi connectivity index (χ2v) is 7.01. The van der Waals surface area contributed by atoms with Gasteiger partial charge in [0.1, 0.15) is 22.5 Å². The summed E-state index contributed by atoms with van der Waals surface area (Å²) in [5.74, 6) is 2.78. The van der Waals surface area contributed by atoms with Crippen molar-refractivity contribution in [1.29, 1.82) is 0 Å². The molecular weight excluding hydrogens is 374 g/mol. The lowest BCUT2D eigenvalue weighted by Crippen LogP contribution is -2.88. The first-order valence-corrected chi connectivity index (χ1v) is 9.27. The first-order chi connectivity index (χ1) is 13.7. The van der Waals surface area contributed by atoms with Crippen LogP contribution in [0.1, 0.15) is 11.7 Å². The number of rotatable bonds is 3. The molecule has 1 aliphatic rings. The highest BCUT2D eigenvalue weighted by atomic mass is 35.5. The number of halogens is 1. The second-order valence-electron chi connectivity index (χ2n) is 6.57. The van der Waals surface area contributed by atoms with Gasteiger partial charge in [0.25, 0.3) is 0 Å². The number of hydrogen-bond acceptors (Lipinski definition) is 3. The fourth-order valence-corrected chi connectivity index (χ4v) is 3.58. The number of aromatic nitrogens is 2. The summed E-state index contributed by atoms with van der Waals surface area (Å²) in [6.45, 7) is 0. The van der Waals surface area contributed by atoms with E-state index in [-0.39, 0.29) is 6.17 Å². The first-order valence-electron chi connectivity index (χ1n) is 8.89. The number of nitrogens with two attached hydrogens (primary N) is 1. The molecule has 0 spiro atoms. The van der Waals surface area contributed by atoms with E-state index in [0.717, 1.165) is 34.0 Å². The number of aromatic amines is 1. The highest BCUT2D eigenvalue weighted by Crippen LogP contribution is 2.26. The number of anilines is 1. The van der Waals surface area contributed by atoms with Gasteiger partial charge in [0.05, 0.1) is 0 Å². The van der Waals surface area contributed by atoms with Crippen LogP contribution in [0.3, 0.4) is 0 Å². The normalized spacial score (nSPS) is 15.6. The van der Waals surface area contributed by atoms with Crippen molar-refractivity contribution in [1.82, 2.24) is 4.98 Å². The minimum atomic E-state index is -0.179.